The molecule has 1 aliphatic heterocycles. The van der Waals surface area contributed by atoms with Crippen molar-refractivity contribution in [2.24, 2.45) is 4.99 Å². The highest BCUT2D eigenvalue weighted by molar-refractivity contribution is 5.80. The van der Waals surface area contributed by atoms with Gasteiger partial charge in [-0.25, -0.2) is 0 Å². The zero-order valence-electron chi connectivity index (χ0n) is 16.6. The number of guanidine groups is 1. The second-order valence-electron chi connectivity index (χ2n) is 7.25. The third kappa shape index (κ3) is 5.23. The minimum atomic E-state index is 0.300. The molecule has 2 aromatic rings. The predicted octanol–water partition coefficient (Wildman–Crippen LogP) is 2.73. The molecule has 0 aromatic heterocycles. The van der Waals surface area contributed by atoms with E-state index >= 15 is 0 Å². The van der Waals surface area contributed by atoms with Crippen LogP contribution >= 0.6 is 0 Å². The number of benzene rings is 2. The van der Waals surface area contributed by atoms with Gasteiger partial charge >= 0.3 is 0 Å². The van der Waals surface area contributed by atoms with Gasteiger partial charge in [-0.1, -0.05) is 48.5 Å². The van der Waals surface area contributed by atoms with Gasteiger partial charge in [0.05, 0.1) is 6.04 Å². The summed E-state index contributed by atoms with van der Waals surface area (Å²) in [5.41, 5.74) is 2.60. The molecular weight excluding hydrogens is 334 g/mol. The van der Waals surface area contributed by atoms with Gasteiger partial charge in [-0.05, 0) is 38.2 Å². The first-order valence-electron chi connectivity index (χ1n) is 9.66. The van der Waals surface area contributed by atoms with Crippen molar-refractivity contribution in [3.63, 3.8) is 0 Å². The molecule has 1 heterocycles. The van der Waals surface area contributed by atoms with Crippen LogP contribution in [0.15, 0.2) is 65.7 Å². The fraction of sp³-hybridized carbons (Fsp3) is 0.409. The number of anilines is 1. The van der Waals surface area contributed by atoms with E-state index in [1.165, 1.54) is 11.3 Å². The fourth-order valence-electron chi connectivity index (χ4n) is 3.61. The third-order valence-electron chi connectivity index (χ3n) is 5.14. The van der Waals surface area contributed by atoms with Crippen molar-refractivity contribution >= 4 is 11.6 Å². The van der Waals surface area contributed by atoms with Crippen LogP contribution in [0.3, 0.4) is 0 Å². The van der Waals surface area contributed by atoms with Crippen LogP contribution in [-0.4, -0.2) is 57.7 Å². The zero-order chi connectivity index (χ0) is 19.1. The molecular formula is C22H31N5. The highest BCUT2D eigenvalue weighted by Crippen LogP contribution is 2.20. The topological polar surface area (TPSA) is 42.9 Å². The lowest BCUT2D eigenvalue weighted by atomic mass is 10.1. The van der Waals surface area contributed by atoms with Gasteiger partial charge in [0, 0.05) is 38.4 Å². The van der Waals surface area contributed by atoms with Gasteiger partial charge < -0.3 is 20.4 Å². The number of rotatable bonds is 6. The highest BCUT2D eigenvalue weighted by atomic mass is 15.3. The molecule has 0 aliphatic carbocycles. The van der Waals surface area contributed by atoms with E-state index in [1.807, 2.05) is 7.05 Å². The van der Waals surface area contributed by atoms with Crippen LogP contribution in [-0.2, 0) is 0 Å². The Morgan fingerprint density at radius 2 is 1.78 bits per heavy atom. The Morgan fingerprint density at radius 3 is 2.41 bits per heavy atom. The van der Waals surface area contributed by atoms with Crippen molar-refractivity contribution in [1.82, 2.24) is 15.5 Å². The number of hydrogen-bond donors (Lipinski definition) is 2. The summed E-state index contributed by atoms with van der Waals surface area (Å²) in [6, 6.07) is 21.9. The first-order chi connectivity index (χ1) is 13.2. The Kier molecular flexibility index (Phi) is 6.71. The van der Waals surface area contributed by atoms with Crippen LogP contribution in [0, 0.1) is 0 Å². The molecule has 1 saturated heterocycles. The van der Waals surface area contributed by atoms with E-state index in [1.54, 1.807) is 0 Å². The summed E-state index contributed by atoms with van der Waals surface area (Å²) < 4.78 is 0. The molecule has 3 rings (SSSR count). The maximum atomic E-state index is 4.43. The average molecular weight is 366 g/mol. The maximum Gasteiger partial charge on any atom is 0.191 e. The van der Waals surface area contributed by atoms with E-state index < -0.39 is 0 Å². The molecule has 5 nitrogen and oxygen atoms in total. The first-order valence-corrected chi connectivity index (χ1v) is 9.66. The van der Waals surface area contributed by atoms with Crippen LogP contribution < -0.4 is 15.5 Å². The molecule has 2 atom stereocenters. The average Bonchev–Trinajstić information content (AvgIpc) is 3.17. The summed E-state index contributed by atoms with van der Waals surface area (Å²) in [5.74, 6) is 0.873. The lowest BCUT2D eigenvalue weighted by molar-refractivity contribution is 0.298. The Hall–Kier alpha value is -2.53. The quantitative estimate of drug-likeness (QED) is 0.610. The Morgan fingerprint density at radius 1 is 1.11 bits per heavy atom. The molecule has 2 aromatic carbocycles. The van der Waals surface area contributed by atoms with Gasteiger partial charge in [-0.3, -0.25) is 4.99 Å². The van der Waals surface area contributed by atoms with E-state index in [2.05, 4.69) is 100 Å². The molecule has 0 radical (unpaired) electrons. The Labute approximate surface area is 163 Å². The standard InChI is InChI=1S/C22H31N5/c1-23-22(24-16-21(26(2)3)18-10-6-4-7-11-18)25-19-14-15-27(17-19)20-12-8-5-9-13-20/h4-13,19,21H,14-17H2,1-3H3,(H2,23,24,25). The van der Waals surface area contributed by atoms with Gasteiger partial charge in [-0.2, -0.15) is 0 Å². The predicted molar refractivity (Wildman–Crippen MR) is 114 cm³/mol. The minimum Gasteiger partial charge on any atom is -0.369 e. The number of aliphatic imine (C=N–C) groups is 1. The van der Waals surface area contributed by atoms with Crippen molar-refractivity contribution in [2.75, 3.05) is 45.7 Å². The molecule has 2 unspecified atom stereocenters. The lowest BCUT2D eigenvalue weighted by Crippen LogP contribution is -2.46. The molecule has 144 valence electrons. The number of nitrogens with one attached hydrogen (secondary N) is 2. The summed E-state index contributed by atoms with van der Waals surface area (Å²) in [6.45, 7) is 2.88. The monoisotopic (exact) mass is 365 g/mol. The summed E-state index contributed by atoms with van der Waals surface area (Å²) in [4.78, 5) is 9.10. The van der Waals surface area contributed by atoms with Crippen molar-refractivity contribution in [2.45, 2.75) is 18.5 Å². The smallest absolute Gasteiger partial charge is 0.191 e. The largest absolute Gasteiger partial charge is 0.369 e. The van der Waals surface area contributed by atoms with E-state index in [0.717, 1.165) is 32.0 Å². The molecule has 0 spiro atoms. The SMILES string of the molecule is CN=C(NCC(c1ccccc1)N(C)C)NC1CCN(c2ccccc2)C1. The third-order valence-corrected chi connectivity index (χ3v) is 5.14. The molecule has 5 heteroatoms. The number of para-hydroxylation sites is 1. The van der Waals surface area contributed by atoms with Crippen LogP contribution in [0.1, 0.15) is 18.0 Å². The Bertz CT molecular complexity index is 714. The van der Waals surface area contributed by atoms with Gasteiger partial charge in [0.2, 0.25) is 0 Å². The van der Waals surface area contributed by atoms with Crippen molar-refractivity contribution < 1.29 is 0 Å². The molecule has 0 amide bonds. The van der Waals surface area contributed by atoms with E-state index in [9.17, 15) is 0 Å². The van der Waals surface area contributed by atoms with Crippen LogP contribution in [0.25, 0.3) is 0 Å². The van der Waals surface area contributed by atoms with E-state index in [-0.39, 0.29) is 0 Å². The number of nitrogens with zero attached hydrogens (tertiary/aromatic N) is 3. The minimum absolute atomic E-state index is 0.300. The first kappa shape index (κ1) is 19.2. The van der Waals surface area contributed by atoms with Gasteiger partial charge in [0.1, 0.15) is 0 Å². The van der Waals surface area contributed by atoms with Crippen LogP contribution in [0.2, 0.25) is 0 Å². The zero-order valence-corrected chi connectivity index (χ0v) is 16.6. The summed E-state index contributed by atoms with van der Waals surface area (Å²) in [6.07, 6.45) is 1.12. The summed E-state index contributed by atoms with van der Waals surface area (Å²) in [5, 5.41) is 7.10. The van der Waals surface area contributed by atoms with Gasteiger partial charge in [0.25, 0.3) is 0 Å². The second-order valence-corrected chi connectivity index (χ2v) is 7.25. The normalized spacial score (nSPS) is 18.6. The number of hydrogen-bond acceptors (Lipinski definition) is 3. The Balaban J connectivity index is 1.54. The van der Waals surface area contributed by atoms with Gasteiger partial charge in [-0.15, -0.1) is 0 Å². The number of likely N-dealkylation sites (N-methyl/N-ethyl adjacent to an activating group) is 1. The second kappa shape index (κ2) is 9.42. The van der Waals surface area contributed by atoms with Crippen LogP contribution in [0.4, 0.5) is 5.69 Å². The maximum absolute atomic E-state index is 4.43. The lowest BCUT2D eigenvalue weighted by Gasteiger charge is -2.27. The fourth-order valence-corrected chi connectivity index (χ4v) is 3.61. The molecule has 27 heavy (non-hydrogen) atoms. The molecule has 2 N–H and O–H groups in total. The molecule has 1 aliphatic rings. The molecule has 1 fully saturated rings. The summed E-state index contributed by atoms with van der Waals surface area (Å²) >= 11 is 0. The molecule has 0 saturated carbocycles. The molecule has 0 bridgehead atoms. The summed E-state index contributed by atoms with van der Waals surface area (Å²) in [7, 11) is 6.07. The highest BCUT2D eigenvalue weighted by Gasteiger charge is 2.23. The van der Waals surface area contributed by atoms with Crippen molar-refractivity contribution in [3.05, 3.63) is 66.2 Å². The van der Waals surface area contributed by atoms with E-state index in [0.29, 0.717) is 12.1 Å². The van der Waals surface area contributed by atoms with Crippen LogP contribution in [0.5, 0.6) is 0 Å². The van der Waals surface area contributed by atoms with Crippen molar-refractivity contribution in [3.8, 4) is 0 Å². The van der Waals surface area contributed by atoms with E-state index in [4.69, 9.17) is 0 Å². The van der Waals surface area contributed by atoms with Gasteiger partial charge in [0.15, 0.2) is 5.96 Å². The van der Waals surface area contributed by atoms with Crippen molar-refractivity contribution in [1.29, 1.82) is 0 Å².